The topological polar surface area (TPSA) is 70.0 Å². The van der Waals surface area contributed by atoms with Crippen molar-refractivity contribution in [2.45, 2.75) is 20.8 Å². The minimum absolute atomic E-state index is 0.199. The summed E-state index contributed by atoms with van der Waals surface area (Å²) in [5.41, 5.74) is 2.55. The average Bonchev–Trinajstić information content (AvgIpc) is 3.18. The Bertz CT molecular complexity index is 1060. The van der Waals surface area contributed by atoms with E-state index in [-0.39, 0.29) is 19.1 Å². The Morgan fingerprint density at radius 2 is 1.94 bits per heavy atom. The standard InChI is InChI=1S/C21H21BrN2O5S2/c1-5-28-18(25)11-29-19-15(22)8-14(9-16(19)27-4)10-17-20(26)24(21(30)31-17)23-12(2)6-7-13(23)3/h6-10H,5,11H2,1-4H3/b17-10-. The molecule has 1 amide bonds. The number of ether oxygens (including phenoxy) is 3. The Labute approximate surface area is 198 Å². The van der Waals surface area contributed by atoms with Gasteiger partial charge in [-0.25, -0.2) is 4.79 Å². The maximum atomic E-state index is 13.1. The number of aryl methyl sites for hydroxylation is 2. The number of halogens is 1. The molecular formula is C21H21BrN2O5S2. The fourth-order valence-electron chi connectivity index (χ4n) is 3.06. The van der Waals surface area contributed by atoms with Crippen molar-refractivity contribution in [2.24, 2.45) is 0 Å². The second kappa shape index (κ2) is 9.88. The van der Waals surface area contributed by atoms with Gasteiger partial charge >= 0.3 is 5.97 Å². The molecule has 1 aromatic heterocycles. The first kappa shape index (κ1) is 23.4. The summed E-state index contributed by atoms with van der Waals surface area (Å²) >= 11 is 10.1. The number of amides is 1. The first-order valence-corrected chi connectivity index (χ1v) is 11.4. The predicted molar refractivity (Wildman–Crippen MR) is 128 cm³/mol. The smallest absolute Gasteiger partial charge is 0.344 e. The molecule has 1 saturated heterocycles. The van der Waals surface area contributed by atoms with Crippen LogP contribution in [0.15, 0.2) is 33.6 Å². The van der Waals surface area contributed by atoms with Gasteiger partial charge in [0.15, 0.2) is 22.4 Å². The van der Waals surface area contributed by atoms with Crippen LogP contribution in [0.3, 0.4) is 0 Å². The van der Waals surface area contributed by atoms with E-state index in [4.69, 9.17) is 26.4 Å². The molecule has 31 heavy (non-hydrogen) atoms. The van der Waals surface area contributed by atoms with Gasteiger partial charge in [-0.2, -0.15) is 5.01 Å². The molecule has 0 spiro atoms. The van der Waals surface area contributed by atoms with E-state index in [0.29, 0.717) is 30.8 Å². The number of methoxy groups -OCH3 is 1. The van der Waals surface area contributed by atoms with Crippen LogP contribution in [-0.4, -0.2) is 41.2 Å². The molecule has 0 bridgehead atoms. The van der Waals surface area contributed by atoms with Gasteiger partial charge in [0.25, 0.3) is 5.91 Å². The molecule has 7 nitrogen and oxygen atoms in total. The Morgan fingerprint density at radius 1 is 1.26 bits per heavy atom. The zero-order valence-corrected chi connectivity index (χ0v) is 20.7. The van der Waals surface area contributed by atoms with Gasteiger partial charge in [-0.3, -0.25) is 9.47 Å². The lowest BCUT2D eigenvalue weighted by atomic mass is 10.2. The van der Waals surface area contributed by atoms with E-state index >= 15 is 0 Å². The molecule has 164 valence electrons. The van der Waals surface area contributed by atoms with Gasteiger partial charge in [-0.05, 0) is 84.8 Å². The summed E-state index contributed by atoms with van der Waals surface area (Å²) in [6, 6.07) is 7.38. The number of hydrogen-bond acceptors (Lipinski definition) is 7. The van der Waals surface area contributed by atoms with Crippen LogP contribution in [0.1, 0.15) is 23.9 Å². The Hall–Kier alpha value is -2.30. The van der Waals surface area contributed by atoms with E-state index < -0.39 is 5.97 Å². The van der Waals surface area contributed by atoms with Crippen molar-refractivity contribution in [1.82, 2.24) is 4.68 Å². The van der Waals surface area contributed by atoms with Crippen molar-refractivity contribution in [3.63, 3.8) is 0 Å². The molecule has 0 unspecified atom stereocenters. The fraction of sp³-hybridized carbons (Fsp3) is 0.286. The Morgan fingerprint density at radius 3 is 2.55 bits per heavy atom. The third-order valence-corrected chi connectivity index (χ3v) is 6.27. The molecular weight excluding hydrogens is 504 g/mol. The minimum atomic E-state index is -0.472. The van der Waals surface area contributed by atoms with Gasteiger partial charge in [0.1, 0.15) is 0 Å². The largest absolute Gasteiger partial charge is 0.493 e. The molecule has 3 rings (SSSR count). The van der Waals surface area contributed by atoms with E-state index in [1.54, 1.807) is 29.8 Å². The van der Waals surface area contributed by atoms with Crippen LogP contribution < -0.4 is 14.5 Å². The molecule has 1 fully saturated rings. The van der Waals surface area contributed by atoms with Gasteiger partial charge in [0, 0.05) is 11.4 Å². The van der Waals surface area contributed by atoms with Crippen LogP contribution in [0, 0.1) is 13.8 Å². The molecule has 2 heterocycles. The highest BCUT2D eigenvalue weighted by molar-refractivity contribution is 9.10. The van der Waals surface area contributed by atoms with Crippen molar-refractivity contribution >= 4 is 62.2 Å². The van der Waals surface area contributed by atoms with E-state index in [2.05, 4.69) is 15.9 Å². The number of thioether (sulfide) groups is 1. The lowest BCUT2D eigenvalue weighted by molar-refractivity contribution is -0.145. The summed E-state index contributed by atoms with van der Waals surface area (Å²) in [5.74, 6) is 0.117. The number of hydrogen-bond donors (Lipinski definition) is 0. The lowest BCUT2D eigenvalue weighted by Crippen LogP contribution is -2.39. The molecule has 10 heteroatoms. The summed E-state index contributed by atoms with van der Waals surface area (Å²) in [5, 5.41) is 1.50. The number of carbonyl (C=O) groups is 2. The Balaban J connectivity index is 1.88. The highest BCUT2D eigenvalue weighted by Crippen LogP contribution is 2.39. The van der Waals surface area contributed by atoms with Crippen molar-refractivity contribution in [2.75, 3.05) is 25.3 Å². The third kappa shape index (κ3) is 4.97. The number of rotatable bonds is 7. The molecule has 0 saturated carbocycles. The van der Waals surface area contributed by atoms with E-state index in [1.165, 1.54) is 23.9 Å². The third-order valence-electron chi connectivity index (χ3n) is 4.40. The second-order valence-electron chi connectivity index (χ2n) is 6.55. The number of aromatic nitrogens is 1. The lowest BCUT2D eigenvalue weighted by Gasteiger charge is -2.20. The molecule has 0 radical (unpaired) electrons. The van der Waals surface area contributed by atoms with Crippen LogP contribution in [0.2, 0.25) is 0 Å². The number of carbonyl (C=O) groups excluding carboxylic acids is 2. The highest BCUT2D eigenvalue weighted by Gasteiger charge is 2.34. The predicted octanol–water partition coefficient (Wildman–Crippen LogP) is 4.36. The van der Waals surface area contributed by atoms with Crippen LogP contribution >= 0.6 is 39.9 Å². The van der Waals surface area contributed by atoms with Crippen LogP contribution in [0.25, 0.3) is 6.08 Å². The van der Waals surface area contributed by atoms with Gasteiger partial charge in [0.2, 0.25) is 0 Å². The average molecular weight is 525 g/mol. The van der Waals surface area contributed by atoms with Crippen molar-refractivity contribution in [1.29, 1.82) is 0 Å². The minimum Gasteiger partial charge on any atom is -0.493 e. The van der Waals surface area contributed by atoms with E-state index in [9.17, 15) is 9.59 Å². The van der Waals surface area contributed by atoms with Crippen LogP contribution in [-0.2, 0) is 14.3 Å². The molecule has 0 atom stereocenters. The van der Waals surface area contributed by atoms with Gasteiger partial charge in [-0.1, -0.05) is 11.8 Å². The first-order chi connectivity index (χ1) is 14.8. The summed E-state index contributed by atoms with van der Waals surface area (Å²) in [4.78, 5) is 25.2. The first-order valence-electron chi connectivity index (χ1n) is 9.36. The Kier molecular flexibility index (Phi) is 7.45. The van der Waals surface area contributed by atoms with Crippen molar-refractivity contribution < 1.29 is 23.8 Å². The monoisotopic (exact) mass is 524 g/mol. The molecule has 1 aliphatic rings. The normalized spacial score (nSPS) is 15.0. The molecule has 0 N–H and O–H groups in total. The zero-order chi connectivity index (χ0) is 22.7. The van der Waals surface area contributed by atoms with Crippen molar-refractivity contribution in [3.8, 4) is 11.5 Å². The maximum absolute atomic E-state index is 13.1. The number of esters is 1. The van der Waals surface area contributed by atoms with E-state index in [0.717, 1.165) is 11.4 Å². The number of thiocarbonyl (C=S) groups is 1. The molecule has 2 aromatic rings. The molecule has 1 aromatic carbocycles. The highest BCUT2D eigenvalue weighted by atomic mass is 79.9. The van der Waals surface area contributed by atoms with Gasteiger partial charge in [0.05, 0.1) is 23.1 Å². The quantitative estimate of drug-likeness (QED) is 0.302. The number of benzene rings is 1. The van der Waals surface area contributed by atoms with Gasteiger partial charge in [-0.15, -0.1) is 0 Å². The second-order valence-corrected chi connectivity index (χ2v) is 9.08. The maximum Gasteiger partial charge on any atom is 0.344 e. The summed E-state index contributed by atoms with van der Waals surface area (Å²) in [6.07, 6.45) is 1.75. The zero-order valence-electron chi connectivity index (χ0n) is 17.4. The van der Waals surface area contributed by atoms with Crippen LogP contribution in [0.5, 0.6) is 11.5 Å². The summed E-state index contributed by atoms with van der Waals surface area (Å²) in [7, 11) is 1.50. The summed E-state index contributed by atoms with van der Waals surface area (Å²) in [6.45, 7) is 5.61. The van der Waals surface area contributed by atoms with E-state index in [1.807, 2.05) is 26.0 Å². The SMILES string of the molecule is CCOC(=O)COc1c(Br)cc(/C=C2\SC(=S)N(n3c(C)ccc3C)C2=O)cc1OC. The number of nitrogens with zero attached hydrogens (tertiary/aromatic N) is 2. The van der Waals surface area contributed by atoms with Crippen LogP contribution in [0.4, 0.5) is 0 Å². The van der Waals surface area contributed by atoms with Crippen molar-refractivity contribution in [3.05, 3.63) is 50.6 Å². The summed E-state index contributed by atoms with van der Waals surface area (Å²) < 4.78 is 18.7. The molecule has 1 aliphatic heterocycles. The van der Waals surface area contributed by atoms with Gasteiger partial charge < -0.3 is 14.2 Å². The molecule has 0 aliphatic carbocycles. The fourth-order valence-corrected chi connectivity index (χ4v) is 4.87.